The van der Waals surface area contributed by atoms with Crippen LogP contribution >= 0.6 is 0 Å². The number of aromatic nitrogens is 1. The predicted octanol–water partition coefficient (Wildman–Crippen LogP) is 4.83. The lowest BCUT2D eigenvalue weighted by atomic mass is 10.1. The molecule has 0 atom stereocenters. The molecule has 2 nitrogen and oxygen atoms in total. The summed E-state index contributed by atoms with van der Waals surface area (Å²) in [5.74, 6) is 0. The Morgan fingerprint density at radius 2 is 1.60 bits per heavy atom. The van der Waals surface area contributed by atoms with Gasteiger partial charge in [-0.3, -0.25) is 0 Å². The van der Waals surface area contributed by atoms with Crippen molar-refractivity contribution in [2.45, 2.75) is 19.3 Å². The van der Waals surface area contributed by atoms with Crippen molar-refractivity contribution in [1.82, 2.24) is 0 Å². The Labute approximate surface area is 150 Å². The molecule has 1 aromatic heterocycles. The van der Waals surface area contributed by atoms with Crippen molar-refractivity contribution < 1.29 is 4.57 Å². The summed E-state index contributed by atoms with van der Waals surface area (Å²) >= 11 is 0. The van der Waals surface area contributed by atoms with Crippen molar-refractivity contribution in [1.29, 1.82) is 0 Å². The Balaban J connectivity index is 1.57. The molecule has 126 valence electrons. The largest absolute Gasteiger partial charge is 0.372 e. The molecule has 0 unspecified atom stereocenters. The molecule has 3 aromatic rings. The van der Waals surface area contributed by atoms with Crippen LogP contribution in [0.1, 0.15) is 30.4 Å². The van der Waals surface area contributed by atoms with Crippen molar-refractivity contribution in [3.8, 4) is 0 Å². The average Bonchev–Trinajstić information content (AvgIpc) is 2.69. The van der Waals surface area contributed by atoms with Crippen molar-refractivity contribution >= 4 is 28.7 Å². The van der Waals surface area contributed by atoms with Crippen LogP contribution in [0, 0.1) is 0 Å². The van der Waals surface area contributed by atoms with Crippen LogP contribution < -0.4 is 9.47 Å². The molecule has 2 heterocycles. The number of piperidine rings is 1. The first-order valence-corrected chi connectivity index (χ1v) is 9.22. The molecular weight excluding hydrogens is 304 g/mol. The van der Waals surface area contributed by atoms with Crippen molar-refractivity contribution in [2.75, 3.05) is 18.0 Å². The van der Waals surface area contributed by atoms with E-state index < -0.39 is 0 Å². The van der Waals surface area contributed by atoms with E-state index in [4.69, 9.17) is 0 Å². The van der Waals surface area contributed by atoms with Gasteiger partial charge >= 0.3 is 0 Å². The van der Waals surface area contributed by atoms with E-state index in [0.29, 0.717) is 0 Å². The number of pyridine rings is 1. The highest BCUT2D eigenvalue weighted by atomic mass is 15.1. The minimum Gasteiger partial charge on any atom is -0.372 e. The number of aryl methyl sites for hydroxylation is 1. The molecule has 25 heavy (non-hydrogen) atoms. The predicted molar refractivity (Wildman–Crippen MR) is 107 cm³/mol. The van der Waals surface area contributed by atoms with Crippen LogP contribution in [0.2, 0.25) is 0 Å². The summed E-state index contributed by atoms with van der Waals surface area (Å²) < 4.78 is 2.17. The summed E-state index contributed by atoms with van der Waals surface area (Å²) in [6.07, 6.45) is 10.6. The number of fused-ring (bicyclic) bond motifs is 1. The molecule has 0 radical (unpaired) electrons. The highest BCUT2D eigenvalue weighted by Crippen LogP contribution is 2.22. The maximum absolute atomic E-state index is 2.50. The van der Waals surface area contributed by atoms with Crippen molar-refractivity contribution in [3.63, 3.8) is 0 Å². The lowest BCUT2D eigenvalue weighted by molar-refractivity contribution is -0.644. The van der Waals surface area contributed by atoms with Crippen LogP contribution in [0.15, 0.2) is 60.8 Å². The van der Waals surface area contributed by atoms with E-state index in [9.17, 15) is 0 Å². The van der Waals surface area contributed by atoms with E-state index in [1.54, 1.807) is 0 Å². The van der Waals surface area contributed by atoms with Crippen LogP contribution in [0.5, 0.6) is 0 Å². The second-order valence-electron chi connectivity index (χ2n) is 6.87. The molecule has 1 saturated heterocycles. The second kappa shape index (κ2) is 7.10. The maximum atomic E-state index is 2.50. The minimum absolute atomic E-state index is 1.20. The standard InChI is InChI=1S/C23H25N2/c1-24-18-15-20(22-7-3-4-8-23(22)24)12-9-19-10-13-21(14-11-19)25-16-5-2-6-17-25/h3-4,7-15,18H,2,5-6,16-17H2,1H3/q+1. The van der Waals surface area contributed by atoms with Gasteiger partial charge in [0.1, 0.15) is 7.05 Å². The molecular formula is C23H25N2+. The Bertz CT molecular complexity index is 888. The van der Waals surface area contributed by atoms with Gasteiger partial charge in [-0.25, -0.2) is 4.57 Å². The van der Waals surface area contributed by atoms with Crippen molar-refractivity contribution in [2.24, 2.45) is 7.05 Å². The molecule has 2 heteroatoms. The fourth-order valence-corrected chi connectivity index (χ4v) is 3.67. The minimum atomic E-state index is 1.20. The molecule has 2 aromatic carbocycles. The Kier molecular flexibility index (Phi) is 4.51. The van der Waals surface area contributed by atoms with Gasteiger partial charge in [0, 0.05) is 30.9 Å². The van der Waals surface area contributed by atoms with Gasteiger partial charge in [-0.05, 0) is 48.6 Å². The van der Waals surface area contributed by atoms with Crippen molar-refractivity contribution in [3.05, 3.63) is 71.9 Å². The number of benzene rings is 2. The van der Waals surface area contributed by atoms with Gasteiger partial charge in [0.15, 0.2) is 6.20 Å². The monoisotopic (exact) mass is 329 g/mol. The highest BCUT2D eigenvalue weighted by Gasteiger charge is 2.10. The summed E-state index contributed by atoms with van der Waals surface area (Å²) in [5.41, 5.74) is 5.12. The third-order valence-electron chi connectivity index (χ3n) is 5.14. The first-order chi connectivity index (χ1) is 12.3. The van der Waals surface area contributed by atoms with Crippen LogP contribution in [-0.2, 0) is 7.05 Å². The number of rotatable bonds is 3. The van der Waals surface area contributed by atoms with E-state index >= 15 is 0 Å². The second-order valence-corrected chi connectivity index (χ2v) is 6.87. The topological polar surface area (TPSA) is 7.12 Å². The summed E-state index contributed by atoms with van der Waals surface area (Å²) in [5, 5.41) is 1.29. The molecule has 4 rings (SSSR count). The quantitative estimate of drug-likeness (QED) is 0.625. The van der Waals surface area contributed by atoms with Gasteiger partial charge in [0.2, 0.25) is 5.52 Å². The zero-order valence-electron chi connectivity index (χ0n) is 14.9. The molecule has 0 aliphatic carbocycles. The number of anilines is 1. The fraction of sp³-hybridized carbons (Fsp3) is 0.261. The fourth-order valence-electron chi connectivity index (χ4n) is 3.67. The lowest BCUT2D eigenvalue weighted by Crippen LogP contribution is -2.29. The third-order valence-corrected chi connectivity index (χ3v) is 5.14. The first kappa shape index (κ1) is 15.9. The van der Waals surface area contributed by atoms with E-state index in [2.05, 4.69) is 89.5 Å². The van der Waals surface area contributed by atoms with E-state index in [-0.39, 0.29) is 0 Å². The lowest BCUT2D eigenvalue weighted by Gasteiger charge is -2.28. The molecule has 0 bridgehead atoms. The van der Waals surface area contributed by atoms with Gasteiger partial charge in [-0.2, -0.15) is 0 Å². The molecule has 1 aliphatic heterocycles. The number of para-hydroxylation sites is 1. The zero-order chi connectivity index (χ0) is 17.1. The molecule has 0 saturated carbocycles. The molecule has 0 N–H and O–H groups in total. The summed E-state index contributed by atoms with van der Waals surface area (Å²) in [7, 11) is 2.09. The SMILES string of the molecule is C[n+]1ccc(/C=C/c2ccc(N3CCCCC3)cc2)c2ccccc21. The van der Waals surface area contributed by atoms with Crippen LogP contribution in [0.4, 0.5) is 5.69 Å². The van der Waals surface area contributed by atoms with E-state index in [0.717, 1.165) is 0 Å². The highest BCUT2D eigenvalue weighted by molar-refractivity contribution is 5.88. The Hall–Kier alpha value is -2.61. The molecule has 0 amide bonds. The van der Waals surface area contributed by atoms with E-state index in [1.807, 2.05) is 0 Å². The van der Waals surface area contributed by atoms with Gasteiger partial charge < -0.3 is 4.90 Å². The molecule has 1 fully saturated rings. The number of hydrogen-bond acceptors (Lipinski definition) is 1. The normalized spacial score (nSPS) is 15.2. The van der Waals surface area contributed by atoms with Crippen LogP contribution in [-0.4, -0.2) is 13.1 Å². The van der Waals surface area contributed by atoms with E-state index in [1.165, 1.54) is 60.1 Å². The maximum Gasteiger partial charge on any atom is 0.212 e. The van der Waals surface area contributed by atoms with Gasteiger partial charge in [0.25, 0.3) is 0 Å². The first-order valence-electron chi connectivity index (χ1n) is 9.22. The van der Waals surface area contributed by atoms with Gasteiger partial charge in [-0.1, -0.05) is 36.4 Å². The molecule has 0 spiro atoms. The average molecular weight is 329 g/mol. The van der Waals surface area contributed by atoms with Gasteiger partial charge in [-0.15, -0.1) is 0 Å². The number of hydrogen-bond donors (Lipinski definition) is 0. The smallest absolute Gasteiger partial charge is 0.212 e. The Morgan fingerprint density at radius 3 is 2.40 bits per heavy atom. The van der Waals surface area contributed by atoms with Crippen LogP contribution in [0.25, 0.3) is 23.1 Å². The number of nitrogens with zero attached hydrogens (tertiary/aromatic N) is 2. The van der Waals surface area contributed by atoms with Crippen LogP contribution in [0.3, 0.4) is 0 Å². The third kappa shape index (κ3) is 3.43. The Morgan fingerprint density at radius 1 is 0.840 bits per heavy atom. The van der Waals surface area contributed by atoms with Gasteiger partial charge in [0.05, 0.1) is 5.39 Å². The molecule has 1 aliphatic rings. The summed E-state index contributed by atoms with van der Waals surface area (Å²) in [4.78, 5) is 2.50. The summed E-state index contributed by atoms with van der Waals surface area (Å²) in [6.45, 7) is 2.39. The zero-order valence-corrected chi connectivity index (χ0v) is 14.9. The summed E-state index contributed by atoms with van der Waals surface area (Å²) in [6, 6.07) is 19.7.